The van der Waals surface area contributed by atoms with Gasteiger partial charge in [-0.15, -0.1) is 0 Å². The molecule has 2 heteroatoms. The first-order chi connectivity index (χ1) is 7.68. The van der Waals surface area contributed by atoms with E-state index >= 15 is 0 Å². The fourth-order valence-corrected chi connectivity index (χ4v) is 2.76. The van der Waals surface area contributed by atoms with Crippen LogP contribution < -0.4 is 5.32 Å². The summed E-state index contributed by atoms with van der Waals surface area (Å²) in [6, 6.07) is 8.76. The Morgan fingerprint density at radius 2 is 1.81 bits per heavy atom. The molecule has 0 aromatic heterocycles. The van der Waals surface area contributed by atoms with Gasteiger partial charge in [-0.05, 0) is 58.1 Å². The van der Waals surface area contributed by atoms with Crippen LogP contribution in [0.15, 0.2) is 24.3 Å². The topological polar surface area (TPSA) is 15.3 Å². The Balaban J connectivity index is 2.32. The van der Waals surface area contributed by atoms with E-state index in [2.05, 4.69) is 55.5 Å². The lowest BCUT2D eigenvalue weighted by molar-refractivity contribution is 0.164. The molecule has 1 heterocycles. The molecular weight excluding hydrogens is 196 g/mol. The molecule has 88 valence electrons. The van der Waals surface area contributed by atoms with Gasteiger partial charge in [-0.1, -0.05) is 24.3 Å². The van der Waals surface area contributed by atoms with Gasteiger partial charge in [0.15, 0.2) is 0 Å². The van der Waals surface area contributed by atoms with Crippen LogP contribution >= 0.6 is 0 Å². The zero-order valence-corrected chi connectivity index (χ0v) is 10.6. The smallest absolute Gasteiger partial charge is 0.0459 e. The third-order valence-corrected chi connectivity index (χ3v) is 3.98. The van der Waals surface area contributed by atoms with Gasteiger partial charge in [0.1, 0.15) is 0 Å². The molecule has 0 bridgehead atoms. The van der Waals surface area contributed by atoms with E-state index in [-0.39, 0.29) is 5.54 Å². The van der Waals surface area contributed by atoms with Crippen LogP contribution in [0.3, 0.4) is 0 Å². The maximum Gasteiger partial charge on any atom is 0.0459 e. The minimum Gasteiger partial charge on any atom is -0.310 e. The van der Waals surface area contributed by atoms with E-state index in [9.17, 15) is 0 Å². The quantitative estimate of drug-likeness (QED) is 0.818. The van der Waals surface area contributed by atoms with Gasteiger partial charge in [-0.3, -0.25) is 0 Å². The SMILES string of the molecule is CNC1(c2ccccc2C)CCN(C)CC1. The molecule has 1 aliphatic rings. The summed E-state index contributed by atoms with van der Waals surface area (Å²) in [7, 11) is 4.30. The maximum absolute atomic E-state index is 3.57. The summed E-state index contributed by atoms with van der Waals surface area (Å²) in [4.78, 5) is 2.41. The molecule has 1 aromatic rings. The maximum atomic E-state index is 3.57. The van der Waals surface area contributed by atoms with Crippen molar-refractivity contribution in [3.05, 3.63) is 35.4 Å². The Morgan fingerprint density at radius 1 is 1.19 bits per heavy atom. The minimum atomic E-state index is 0.192. The summed E-state index contributed by atoms with van der Waals surface area (Å²) in [5.74, 6) is 0. The second kappa shape index (κ2) is 4.56. The third kappa shape index (κ3) is 2.00. The highest BCUT2D eigenvalue weighted by atomic mass is 15.1. The standard InChI is InChI=1S/C14H22N2/c1-12-6-4-5-7-13(12)14(15-2)8-10-16(3)11-9-14/h4-7,15H,8-11H2,1-3H3. The minimum absolute atomic E-state index is 0.192. The number of aryl methyl sites for hydroxylation is 1. The second-order valence-electron chi connectivity index (χ2n) is 4.95. The molecule has 1 fully saturated rings. The molecule has 0 saturated carbocycles. The van der Waals surface area contributed by atoms with Crippen molar-refractivity contribution in [1.29, 1.82) is 0 Å². The van der Waals surface area contributed by atoms with Gasteiger partial charge < -0.3 is 10.2 Å². The van der Waals surface area contributed by atoms with Gasteiger partial charge >= 0.3 is 0 Å². The molecule has 1 N–H and O–H groups in total. The van der Waals surface area contributed by atoms with Crippen molar-refractivity contribution in [3.63, 3.8) is 0 Å². The number of hydrogen-bond acceptors (Lipinski definition) is 2. The van der Waals surface area contributed by atoms with Gasteiger partial charge in [0, 0.05) is 5.54 Å². The van der Waals surface area contributed by atoms with E-state index in [0.717, 1.165) is 0 Å². The summed E-state index contributed by atoms with van der Waals surface area (Å²) >= 11 is 0. The van der Waals surface area contributed by atoms with Gasteiger partial charge in [-0.2, -0.15) is 0 Å². The van der Waals surface area contributed by atoms with Crippen molar-refractivity contribution in [2.75, 3.05) is 27.2 Å². The predicted molar refractivity (Wildman–Crippen MR) is 68.6 cm³/mol. The Labute approximate surface area is 98.7 Å². The highest BCUT2D eigenvalue weighted by molar-refractivity contribution is 5.33. The predicted octanol–water partition coefficient (Wildman–Crippen LogP) is 2.14. The molecule has 0 amide bonds. The van der Waals surface area contributed by atoms with E-state index in [4.69, 9.17) is 0 Å². The van der Waals surface area contributed by atoms with Crippen molar-refractivity contribution in [2.45, 2.75) is 25.3 Å². The summed E-state index contributed by atoms with van der Waals surface area (Å²) in [6.07, 6.45) is 2.40. The first kappa shape index (κ1) is 11.6. The Kier molecular flexibility index (Phi) is 3.31. The van der Waals surface area contributed by atoms with E-state index < -0.39 is 0 Å². The Morgan fingerprint density at radius 3 is 2.38 bits per heavy atom. The van der Waals surface area contributed by atoms with Crippen LogP contribution in [0.1, 0.15) is 24.0 Å². The van der Waals surface area contributed by atoms with Crippen LogP contribution in [0.25, 0.3) is 0 Å². The third-order valence-electron chi connectivity index (χ3n) is 3.98. The summed E-state index contributed by atoms with van der Waals surface area (Å²) < 4.78 is 0. The van der Waals surface area contributed by atoms with Crippen LogP contribution in [0.4, 0.5) is 0 Å². The first-order valence-electron chi connectivity index (χ1n) is 6.11. The summed E-state index contributed by atoms with van der Waals surface area (Å²) in [5, 5.41) is 3.57. The number of rotatable bonds is 2. The molecule has 0 unspecified atom stereocenters. The fraction of sp³-hybridized carbons (Fsp3) is 0.571. The zero-order valence-electron chi connectivity index (χ0n) is 10.6. The molecule has 0 radical (unpaired) electrons. The van der Waals surface area contributed by atoms with Crippen molar-refractivity contribution < 1.29 is 0 Å². The molecular formula is C14H22N2. The van der Waals surface area contributed by atoms with E-state index in [1.54, 1.807) is 0 Å². The molecule has 1 aromatic carbocycles. The van der Waals surface area contributed by atoms with Crippen LogP contribution in [-0.2, 0) is 5.54 Å². The van der Waals surface area contributed by atoms with Crippen LogP contribution in [0, 0.1) is 6.92 Å². The van der Waals surface area contributed by atoms with Gasteiger partial charge in [-0.25, -0.2) is 0 Å². The first-order valence-corrected chi connectivity index (χ1v) is 6.11. The van der Waals surface area contributed by atoms with Crippen LogP contribution in [0.5, 0.6) is 0 Å². The van der Waals surface area contributed by atoms with Gasteiger partial charge in [0.2, 0.25) is 0 Å². The molecule has 16 heavy (non-hydrogen) atoms. The van der Waals surface area contributed by atoms with E-state index in [1.807, 2.05) is 0 Å². The van der Waals surface area contributed by atoms with Crippen molar-refractivity contribution in [1.82, 2.24) is 10.2 Å². The lowest BCUT2D eigenvalue weighted by atomic mass is 9.79. The molecule has 0 aliphatic carbocycles. The second-order valence-corrected chi connectivity index (χ2v) is 4.95. The summed E-state index contributed by atoms with van der Waals surface area (Å²) in [6.45, 7) is 4.57. The lowest BCUT2D eigenvalue weighted by Gasteiger charge is -2.41. The molecule has 1 aliphatic heterocycles. The average Bonchev–Trinajstić information content (AvgIpc) is 2.32. The zero-order chi connectivity index (χ0) is 11.6. The number of likely N-dealkylation sites (tertiary alicyclic amines) is 1. The number of nitrogens with zero attached hydrogens (tertiary/aromatic N) is 1. The number of nitrogens with one attached hydrogen (secondary N) is 1. The molecule has 0 spiro atoms. The van der Waals surface area contributed by atoms with Gasteiger partial charge in [0.05, 0.1) is 0 Å². The Bertz CT molecular complexity index is 352. The lowest BCUT2D eigenvalue weighted by Crippen LogP contribution is -2.49. The molecule has 2 rings (SSSR count). The number of piperidine rings is 1. The average molecular weight is 218 g/mol. The highest BCUT2D eigenvalue weighted by Crippen LogP contribution is 2.33. The largest absolute Gasteiger partial charge is 0.310 e. The molecule has 0 atom stereocenters. The summed E-state index contributed by atoms with van der Waals surface area (Å²) in [5.41, 5.74) is 3.07. The van der Waals surface area contributed by atoms with E-state index in [0.29, 0.717) is 0 Å². The van der Waals surface area contributed by atoms with Gasteiger partial charge in [0.25, 0.3) is 0 Å². The monoisotopic (exact) mass is 218 g/mol. The highest BCUT2D eigenvalue weighted by Gasteiger charge is 2.34. The van der Waals surface area contributed by atoms with Crippen molar-refractivity contribution in [2.24, 2.45) is 0 Å². The van der Waals surface area contributed by atoms with Crippen LogP contribution in [-0.4, -0.2) is 32.1 Å². The number of hydrogen-bond donors (Lipinski definition) is 1. The van der Waals surface area contributed by atoms with Crippen molar-refractivity contribution >= 4 is 0 Å². The molecule has 2 nitrogen and oxygen atoms in total. The normalized spacial score (nSPS) is 20.9. The fourth-order valence-electron chi connectivity index (χ4n) is 2.76. The Hall–Kier alpha value is -0.860. The van der Waals surface area contributed by atoms with E-state index in [1.165, 1.54) is 37.1 Å². The number of benzene rings is 1. The van der Waals surface area contributed by atoms with Crippen LogP contribution in [0.2, 0.25) is 0 Å². The van der Waals surface area contributed by atoms with Crippen molar-refractivity contribution in [3.8, 4) is 0 Å². The molecule has 1 saturated heterocycles.